The summed E-state index contributed by atoms with van der Waals surface area (Å²) in [7, 11) is 0. The molecule has 1 heterocycles. The molecule has 0 radical (unpaired) electrons. The van der Waals surface area contributed by atoms with E-state index in [2.05, 4.69) is 5.32 Å². The van der Waals surface area contributed by atoms with E-state index in [1.165, 1.54) is 5.57 Å². The average molecular weight is 362 g/mol. The number of carbonyl (C=O) groups is 1. The number of carbonyl (C=O) groups excluding carboxylic acids is 1. The van der Waals surface area contributed by atoms with E-state index in [0.29, 0.717) is 32.5 Å². The van der Waals surface area contributed by atoms with Crippen molar-refractivity contribution in [3.63, 3.8) is 0 Å². The number of alkyl halides is 3. The van der Waals surface area contributed by atoms with Crippen LogP contribution in [0, 0.1) is 5.92 Å². The van der Waals surface area contributed by atoms with Gasteiger partial charge < -0.3 is 15.0 Å². The van der Waals surface area contributed by atoms with Gasteiger partial charge in [-0.05, 0) is 52.9 Å². The summed E-state index contributed by atoms with van der Waals surface area (Å²) in [5.74, 6) is -1.14. The van der Waals surface area contributed by atoms with Crippen molar-refractivity contribution < 1.29 is 22.7 Å². The zero-order valence-electron chi connectivity index (χ0n) is 15.3. The van der Waals surface area contributed by atoms with Gasteiger partial charge in [0.1, 0.15) is 5.60 Å². The third kappa shape index (κ3) is 6.53. The summed E-state index contributed by atoms with van der Waals surface area (Å²) in [5.41, 5.74) is 0.704. The lowest BCUT2D eigenvalue weighted by Crippen LogP contribution is -2.41. The van der Waals surface area contributed by atoms with E-state index in [-0.39, 0.29) is 25.0 Å². The lowest BCUT2D eigenvalue weighted by atomic mass is 9.85. The van der Waals surface area contributed by atoms with Crippen LogP contribution in [0.5, 0.6) is 0 Å². The summed E-state index contributed by atoms with van der Waals surface area (Å²) in [5, 5.41) is 3.38. The minimum absolute atomic E-state index is 0.156. The molecule has 1 fully saturated rings. The molecule has 1 aliphatic heterocycles. The predicted octanol–water partition coefficient (Wildman–Crippen LogP) is 4.26. The maximum Gasteiger partial charge on any atom is 0.410 e. The molecule has 0 aromatic heterocycles. The normalized spacial score (nSPS) is 25.5. The summed E-state index contributed by atoms with van der Waals surface area (Å²) in [4.78, 5) is 13.7. The Bertz CT molecular complexity index is 490. The standard InChI is InChI=1S/C18H29F3N2O2/c1-17(2,3)25-16(24)23-10-8-13(9-11-23)12-22-15-6-4-14(5-7-15)18(19,20)21/h8,14-15,22H,4-7,9-12H2,1-3H3. The highest BCUT2D eigenvalue weighted by Crippen LogP contribution is 2.37. The van der Waals surface area contributed by atoms with E-state index in [1.807, 2.05) is 26.8 Å². The van der Waals surface area contributed by atoms with Crippen LogP contribution in [0.15, 0.2) is 11.6 Å². The van der Waals surface area contributed by atoms with E-state index in [0.717, 1.165) is 6.42 Å². The smallest absolute Gasteiger partial charge is 0.410 e. The quantitative estimate of drug-likeness (QED) is 0.763. The molecule has 7 heteroatoms. The van der Waals surface area contributed by atoms with Crippen LogP contribution in [0.1, 0.15) is 52.9 Å². The summed E-state index contributed by atoms with van der Waals surface area (Å²) < 4.78 is 43.4. The molecule has 0 aromatic rings. The zero-order valence-corrected chi connectivity index (χ0v) is 15.3. The first-order chi connectivity index (χ1) is 11.5. The number of nitrogens with zero attached hydrogens (tertiary/aromatic N) is 1. The Labute approximate surface area is 147 Å². The molecular formula is C18H29F3N2O2. The Hall–Kier alpha value is -1.24. The SMILES string of the molecule is CC(C)(C)OC(=O)N1CC=C(CNC2CCC(C(F)(F)F)CC2)CC1. The molecule has 4 nitrogen and oxygen atoms in total. The fourth-order valence-corrected chi connectivity index (χ4v) is 3.26. The molecule has 0 saturated heterocycles. The van der Waals surface area contributed by atoms with Crippen LogP contribution in [0.2, 0.25) is 0 Å². The summed E-state index contributed by atoms with van der Waals surface area (Å²) in [6, 6.07) is 0.156. The summed E-state index contributed by atoms with van der Waals surface area (Å²) >= 11 is 0. The van der Waals surface area contributed by atoms with E-state index < -0.39 is 17.7 Å². The van der Waals surface area contributed by atoms with Gasteiger partial charge >= 0.3 is 12.3 Å². The third-order valence-electron chi connectivity index (χ3n) is 4.76. The van der Waals surface area contributed by atoms with Gasteiger partial charge in [0.25, 0.3) is 0 Å². The molecule has 0 aromatic carbocycles. The van der Waals surface area contributed by atoms with Crippen LogP contribution < -0.4 is 5.32 Å². The van der Waals surface area contributed by atoms with Gasteiger partial charge in [0.2, 0.25) is 0 Å². The summed E-state index contributed by atoms with van der Waals surface area (Å²) in [6.45, 7) is 7.34. The minimum atomic E-state index is -4.05. The van der Waals surface area contributed by atoms with Gasteiger partial charge in [-0.2, -0.15) is 13.2 Å². The van der Waals surface area contributed by atoms with Crippen LogP contribution >= 0.6 is 0 Å². The number of hydrogen-bond acceptors (Lipinski definition) is 3. The van der Waals surface area contributed by atoms with Crippen molar-refractivity contribution in [1.82, 2.24) is 10.2 Å². The number of rotatable bonds is 3. The Morgan fingerprint density at radius 2 is 1.88 bits per heavy atom. The first kappa shape index (κ1) is 20.1. The van der Waals surface area contributed by atoms with Crippen molar-refractivity contribution in [1.29, 1.82) is 0 Å². The molecule has 0 bridgehead atoms. The molecule has 1 amide bonds. The van der Waals surface area contributed by atoms with Crippen molar-refractivity contribution in [3.8, 4) is 0 Å². The number of halogens is 3. The molecule has 1 aliphatic carbocycles. The highest BCUT2D eigenvalue weighted by Gasteiger charge is 2.41. The molecule has 0 atom stereocenters. The lowest BCUT2D eigenvalue weighted by Gasteiger charge is -2.32. The van der Waals surface area contributed by atoms with E-state index in [9.17, 15) is 18.0 Å². The maximum atomic E-state index is 12.7. The van der Waals surface area contributed by atoms with Crippen LogP contribution in [-0.2, 0) is 4.74 Å². The average Bonchev–Trinajstić information content (AvgIpc) is 2.51. The highest BCUT2D eigenvalue weighted by molar-refractivity contribution is 5.68. The van der Waals surface area contributed by atoms with Crippen LogP contribution in [0.3, 0.4) is 0 Å². The topological polar surface area (TPSA) is 41.6 Å². The van der Waals surface area contributed by atoms with Crippen LogP contribution in [0.4, 0.5) is 18.0 Å². The zero-order chi connectivity index (χ0) is 18.7. The number of ether oxygens (including phenoxy) is 1. The molecule has 144 valence electrons. The van der Waals surface area contributed by atoms with Crippen LogP contribution in [0.25, 0.3) is 0 Å². The van der Waals surface area contributed by atoms with Gasteiger partial charge in [-0.25, -0.2) is 4.79 Å². The van der Waals surface area contributed by atoms with Gasteiger partial charge in [0.05, 0.1) is 5.92 Å². The molecule has 1 N–H and O–H groups in total. The molecule has 25 heavy (non-hydrogen) atoms. The van der Waals surface area contributed by atoms with Gasteiger partial charge in [-0.1, -0.05) is 11.6 Å². The van der Waals surface area contributed by atoms with Crippen molar-refractivity contribution >= 4 is 6.09 Å². The summed E-state index contributed by atoms with van der Waals surface area (Å²) in [6.07, 6.45) is -0.00268. The molecule has 2 rings (SSSR count). The molecular weight excluding hydrogens is 333 g/mol. The fourth-order valence-electron chi connectivity index (χ4n) is 3.26. The highest BCUT2D eigenvalue weighted by atomic mass is 19.4. The minimum Gasteiger partial charge on any atom is -0.444 e. The molecule has 1 saturated carbocycles. The van der Waals surface area contributed by atoms with Crippen molar-refractivity contribution in [2.45, 2.75) is 70.7 Å². The number of nitrogens with one attached hydrogen (secondary N) is 1. The van der Waals surface area contributed by atoms with Gasteiger partial charge in [-0.15, -0.1) is 0 Å². The lowest BCUT2D eigenvalue weighted by molar-refractivity contribution is -0.182. The largest absolute Gasteiger partial charge is 0.444 e. The van der Waals surface area contributed by atoms with Crippen molar-refractivity contribution in [2.24, 2.45) is 5.92 Å². The molecule has 2 aliphatic rings. The first-order valence-electron chi connectivity index (χ1n) is 9.00. The maximum absolute atomic E-state index is 12.7. The number of amides is 1. The van der Waals surface area contributed by atoms with Gasteiger partial charge in [0, 0.05) is 25.7 Å². The Kier molecular flexibility index (Phi) is 6.40. The second kappa shape index (κ2) is 7.98. The second-order valence-corrected chi connectivity index (χ2v) is 8.01. The molecule has 0 spiro atoms. The third-order valence-corrected chi connectivity index (χ3v) is 4.76. The van der Waals surface area contributed by atoms with E-state index in [1.54, 1.807) is 4.90 Å². The first-order valence-corrected chi connectivity index (χ1v) is 9.00. The second-order valence-electron chi connectivity index (χ2n) is 8.01. The van der Waals surface area contributed by atoms with Gasteiger partial charge in [-0.3, -0.25) is 0 Å². The van der Waals surface area contributed by atoms with Crippen molar-refractivity contribution in [3.05, 3.63) is 11.6 Å². The molecule has 0 unspecified atom stereocenters. The van der Waals surface area contributed by atoms with Crippen molar-refractivity contribution in [2.75, 3.05) is 19.6 Å². The van der Waals surface area contributed by atoms with Gasteiger partial charge in [0.15, 0.2) is 0 Å². The Morgan fingerprint density at radius 1 is 1.24 bits per heavy atom. The Morgan fingerprint density at radius 3 is 2.36 bits per heavy atom. The van der Waals surface area contributed by atoms with E-state index >= 15 is 0 Å². The monoisotopic (exact) mass is 362 g/mol. The number of hydrogen-bond donors (Lipinski definition) is 1. The van der Waals surface area contributed by atoms with E-state index in [4.69, 9.17) is 4.74 Å². The predicted molar refractivity (Wildman–Crippen MR) is 90.3 cm³/mol. The van der Waals surface area contributed by atoms with Crippen LogP contribution in [-0.4, -0.2) is 48.4 Å². The Balaban J connectivity index is 1.71. The fraction of sp³-hybridized carbons (Fsp3) is 0.833.